The molecule has 0 fully saturated rings. The monoisotopic (exact) mass is 1560 g/mol. The van der Waals surface area contributed by atoms with E-state index in [1.165, 1.54) is 83.5 Å². The topological polar surface area (TPSA) is 17.1 Å². The number of hydrogen-bond donors (Lipinski definition) is 0. The molecular weight excluding hydrogens is 1430 g/mol. The van der Waals surface area contributed by atoms with Crippen LogP contribution in [0.3, 0.4) is 0 Å². The Hall–Kier alpha value is -4.84. The van der Waals surface area contributed by atoms with Crippen molar-refractivity contribution >= 4 is 60.7 Å². The minimum atomic E-state index is -2.90. The third-order valence-corrected chi connectivity index (χ3v) is 39.8. The highest BCUT2D eigenvalue weighted by molar-refractivity contribution is 8.15. The molecule has 9 rings (SSSR count). The summed E-state index contributed by atoms with van der Waals surface area (Å²) in [5.41, 5.74) is 24.7. The van der Waals surface area contributed by atoms with Gasteiger partial charge in [0.2, 0.25) is 0 Å². The Balaban J connectivity index is 0.934. The molecule has 0 radical (unpaired) electrons. The largest absolute Gasteiger partial charge is 0.323 e. The average Bonchev–Trinajstić information content (AvgIpc) is 0.851. The van der Waals surface area contributed by atoms with Crippen molar-refractivity contribution in [1.82, 2.24) is 0 Å². The Bertz CT molecular complexity index is 3810. The van der Waals surface area contributed by atoms with Crippen molar-refractivity contribution in [2.45, 2.75) is 233 Å². The van der Waals surface area contributed by atoms with Gasteiger partial charge >= 0.3 is 0 Å². The van der Waals surface area contributed by atoms with E-state index in [-0.39, 0.29) is 32.5 Å². The van der Waals surface area contributed by atoms with E-state index < -0.39 is 25.3 Å². The van der Waals surface area contributed by atoms with Gasteiger partial charge in [-0.2, -0.15) is 0 Å². The van der Waals surface area contributed by atoms with Gasteiger partial charge in [-0.05, 0) is 264 Å². The van der Waals surface area contributed by atoms with Crippen molar-refractivity contribution in [3.63, 3.8) is 0 Å². The molecule has 0 heterocycles. The molecule has 0 unspecified atom stereocenters. The molecular formula is C99H132OP4S3. The summed E-state index contributed by atoms with van der Waals surface area (Å²) < 4.78 is 16.3. The molecule has 0 aromatic heterocycles. The molecule has 0 saturated carbocycles. The van der Waals surface area contributed by atoms with Crippen LogP contribution in [-0.2, 0) is 149 Å². The average molecular weight is 1560 g/mol. The highest BCUT2D eigenvalue weighted by Crippen LogP contribution is 2.56. The van der Waals surface area contributed by atoms with E-state index >= 15 is 4.57 Å². The van der Waals surface area contributed by atoms with Crippen LogP contribution in [0.4, 0.5) is 0 Å². The van der Waals surface area contributed by atoms with Gasteiger partial charge in [0, 0.05) is 18.5 Å². The molecule has 0 aliphatic carbocycles. The lowest BCUT2D eigenvalue weighted by Gasteiger charge is -2.24. The summed E-state index contributed by atoms with van der Waals surface area (Å²) in [5.74, 6) is 0. The zero-order valence-corrected chi connectivity index (χ0v) is 75.1. The molecule has 9 aromatic rings. The van der Waals surface area contributed by atoms with Gasteiger partial charge in [-0.15, -0.1) is 0 Å². The van der Waals surface area contributed by atoms with Crippen molar-refractivity contribution in [2.24, 2.45) is 0 Å². The van der Waals surface area contributed by atoms with E-state index in [9.17, 15) is 0 Å². The van der Waals surface area contributed by atoms with E-state index in [1.54, 1.807) is 0 Å². The molecule has 107 heavy (non-hydrogen) atoms. The Kier molecular flexibility index (Phi) is 29.6. The third-order valence-electron chi connectivity index (χ3n) is 22.7. The lowest BCUT2D eigenvalue weighted by atomic mass is 9.86. The molecule has 0 aliphatic rings. The summed E-state index contributed by atoms with van der Waals surface area (Å²) in [6, 6.07) is 78.2. The molecule has 0 aliphatic heterocycles. The summed E-state index contributed by atoms with van der Waals surface area (Å²) >= 11 is 20.7. The van der Waals surface area contributed by atoms with E-state index in [0.29, 0.717) is 18.5 Å². The molecule has 0 atom stereocenters. The van der Waals surface area contributed by atoms with Crippen molar-refractivity contribution in [1.29, 1.82) is 0 Å². The first-order valence-electron chi connectivity index (χ1n) is 40.2. The standard InChI is InChI=1S/C99H132OP4S3/c1-94(2,3)88-43-31-79(32-44-88)58-67-102(105,68-59-80-33-45-89(46-34-80)95(4,5)6)64-55-76-19-25-85(26-20-76)73-101(100,74-86-27-21-77(22-28-86)56-65-103(106,69-60-81-35-47-90(48-36-81)96(7,8)9)70-61-82-37-49-91(50-38-82)97(10,11)12)75-87-29-23-78(24-30-87)57-66-104(107,71-62-83-39-51-92(52-40-83)98(13,14)15)72-63-84-41-53-93(54-42-84)99(16,17)18/h19-54H,55-75H2,1-18H3. The Labute approximate surface area is 667 Å². The zero-order valence-electron chi connectivity index (χ0n) is 69.1. The van der Waals surface area contributed by atoms with Crippen LogP contribution in [0.2, 0.25) is 0 Å². The molecule has 0 spiro atoms. The molecule has 8 heteroatoms. The Morgan fingerprint density at radius 1 is 0.187 bits per heavy atom. The van der Waals surface area contributed by atoms with E-state index in [4.69, 9.17) is 35.4 Å². The van der Waals surface area contributed by atoms with Crippen LogP contribution in [0, 0.1) is 0 Å². The zero-order chi connectivity index (χ0) is 77.7. The normalized spacial score (nSPS) is 13.1. The predicted octanol–water partition coefficient (Wildman–Crippen LogP) is 27.3. The van der Waals surface area contributed by atoms with Crippen LogP contribution in [0.15, 0.2) is 218 Å². The van der Waals surface area contributed by atoms with Gasteiger partial charge in [0.1, 0.15) is 7.14 Å². The van der Waals surface area contributed by atoms with Gasteiger partial charge in [0.25, 0.3) is 0 Å². The van der Waals surface area contributed by atoms with Crippen LogP contribution >= 0.6 is 25.3 Å². The fourth-order valence-electron chi connectivity index (χ4n) is 14.6. The smallest absolute Gasteiger partial charge is 0.100 e. The second-order valence-electron chi connectivity index (χ2n) is 38.1. The number of hydrogen-bond acceptors (Lipinski definition) is 4. The molecule has 0 saturated heterocycles. The summed E-state index contributed by atoms with van der Waals surface area (Å²) in [6.07, 6.45) is 20.1. The van der Waals surface area contributed by atoms with Crippen LogP contribution in [-0.4, -0.2) is 55.5 Å². The summed E-state index contributed by atoms with van der Waals surface area (Å²) in [6.45, 7) is 41.2. The molecule has 1 nitrogen and oxygen atoms in total. The van der Waals surface area contributed by atoms with Crippen LogP contribution in [0.1, 0.15) is 225 Å². The second-order valence-corrected chi connectivity index (χ2v) is 58.5. The maximum absolute atomic E-state index is 16.3. The van der Waals surface area contributed by atoms with Crippen LogP contribution in [0.25, 0.3) is 0 Å². The van der Waals surface area contributed by atoms with Crippen molar-refractivity contribution < 1.29 is 4.57 Å². The van der Waals surface area contributed by atoms with Crippen LogP contribution < -0.4 is 0 Å². The van der Waals surface area contributed by atoms with Crippen molar-refractivity contribution in [2.75, 3.05) is 55.5 Å². The third kappa shape index (κ3) is 27.5. The summed E-state index contributed by atoms with van der Waals surface area (Å²) in [4.78, 5) is 0. The molecule has 0 N–H and O–H groups in total. The minimum Gasteiger partial charge on any atom is -0.323 e. The first kappa shape index (κ1) is 86.1. The SMILES string of the molecule is CC(C)(C)c1ccc(CCP(=S)(CCc2ccc(CP(=O)(Cc3ccc(CCP(=S)(CCc4ccc(C(C)(C)C)cc4)CCc4ccc(C(C)(C)C)cc4)cc3)Cc3ccc(CCP(=S)(CCc4ccc(C(C)(C)C)cc4)CCc4ccc(C(C)(C)C)cc4)cc3)cc2)CCc2ccc(C(C)(C)C)cc2)cc1. The van der Waals surface area contributed by atoms with E-state index in [1.807, 2.05) is 0 Å². The first-order chi connectivity index (χ1) is 50.1. The lowest BCUT2D eigenvalue weighted by molar-refractivity contribution is 0.572. The summed E-state index contributed by atoms with van der Waals surface area (Å²) in [7, 11) is -2.90. The highest BCUT2D eigenvalue weighted by atomic mass is 32.4. The van der Waals surface area contributed by atoms with Gasteiger partial charge < -0.3 is 4.57 Å². The quantitative estimate of drug-likeness (QED) is 0.0381. The van der Waals surface area contributed by atoms with E-state index in [0.717, 1.165) is 130 Å². The number of rotatable bonds is 33. The van der Waals surface area contributed by atoms with Gasteiger partial charge in [-0.3, -0.25) is 0 Å². The molecule has 0 bridgehead atoms. The number of aryl methyl sites for hydroxylation is 9. The van der Waals surface area contributed by atoms with E-state index in [2.05, 4.69) is 343 Å². The van der Waals surface area contributed by atoms with Gasteiger partial charge in [0.15, 0.2) is 0 Å². The van der Waals surface area contributed by atoms with Crippen LogP contribution in [0.5, 0.6) is 0 Å². The van der Waals surface area contributed by atoms with Gasteiger partial charge in [-0.1, -0.05) is 378 Å². The second kappa shape index (κ2) is 36.8. The Morgan fingerprint density at radius 2 is 0.290 bits per heavy atom. The Morgan fingerprint density at radius 3 is 0.402 bits per heavy atom. The molecule has 0 amide bonds. The maximum atomic E-state index is 16.3. The maximum Gasteiger partial charge on any atom is 0.100 e. The predicted molar refractivity (Wildman–Crippen MR) is 489 cm³/mol. The first-order valence-corrected chi connectivity index (χ1v) is 52.5. The minimum absolute atomic E-state index is 0.121. The molecule has 572 valence electrons. The fourth-order valence-corrected chi connectivity index (χ4v) is 28.1. The van der Waals surface area contributed by atoms with Gasteiger partial charge in [-0.25, -0.2) is 0 Å². The van der Waals surface area contributed by atoms with Gasteiger partial charge in [0.05, 0.1) is 0 Å². The van der Waals surface area contributed by atoms with Crippen molar-refractivity contribution in [3.8, 4) is 0 Å². The lowest BCUT2D eigenvalue weighted by Crippen LogP contribution is -2.11. The number of benzene rings is 9. The highest BCUT2D eigenvalue weighted by Gasteiger charge is 2.28. The summed E-state index contributed by atoms with van der Waals surface area (Å²) in [5, 5.41) is 0. The fraction of sp³-hybridized carbons (Fsp3) is 0.455. The molecule has 9 aromatic carbocycles. The van der Waals surface area contributed by atoms with Crippen molar-refractivity contribution in [3.05, 3.63) is 319 Å².